The van der Waals surface area contributed by atoms with E-state index in [1.165, 1.54) is 55.5 Å². The molecule has 0 unspecified atom stereocenters. The molecular weight excluding hydrogens is 618 g/mol. The van der Waals surface area contributed by atoms with Crippen molar-refractivity contribution in [1.29, 1.82) is 0 Å². The van der Waals surface area contributed by atoms with E-state index in [1.54, 1.807) is 13.2 Å². The molecule has 7 rings (SSSR count). The Balaban J connectivity index is 1.08. The summed E-state index contributed by atoms with van der Waals surface area (Å²) in [7, 11) is 1.60. The Kier molecular flexibility index (Phi) is 9.42. The van der Waals surface area contributed by atoms with Crippen LogP contribution in [0, 0.1) is 11.6 Å². The number of rotatable bonds is 10. The summed E-state index contributed by atoms with van der Waals surface area (Å²) in [5.41, 5.74) is 2.41. The minimum absolute atomic E-state index is 0.314. The zero-order valence-electron chi connectivity index (χ0n) is 27.2. The van der Waals surface area contributed by atoms with E-state index in [0.29, 0.717) is 53.4 Å². The molecule has 1 amide bonds. The van der Waals surface area contributed by atoms with Crippen LogP contribution in [0.4, 0.5) is 37.5 Å². The number of methoxy groups -OCH3 is 1. The lowest BCUT2D eigenvalue weighted by Gasteiger charge is -2.43. The third-order valence-electron chi connectivity index (χ3n) is 9.86. The number of nitrogens with one attached hydrogen (secondary N) is 2. The molecule has 0 spiro atoms. The second kappa shape index (κ2) is 14.0. The van der Waals surface area contributed by atoms with Crippen molar-refractivity contribution < 1.29 is 23.1 Å². The highest BCUT2D eigenvalue weighted by atomic mass is 19.1. The number of hydrogen-bond acceptors (Lipinski definition) is 10. The lowest BCUT2D eigenvalue weighted by molar-refractivity contribution is -0.111. The molecule has 4 heterocycles. The Bertz CT molecular complexity index is 1640. The van der Waals surface area contributed by atoms with Crippen molar-refractivity contribution in [3.8, 4) is 5.75 Å². The summed E-state index contributed by atoms with van der Waals surface area (Å²) in [5.74, 6) is -0.178. The van der Waals surface area contributed by atoms with Crippen molar-refractivity contribution >= 4 is 34.6 Å². The van der Waals surface area contributed by atoms with Crippen molar-refractivity contribution in [2.45, 2.75) is 50.2 Å². The maximum absolute atomic E-state index is 14.7. The van der Waals surface area contributed by atoms with Crippen LogP contribution in [0.15, 0.2) is 55.4 Å². The number of nitrogens with zero attached hydrogens (tertiary/aromatic N) is 6. The Morgan fingerprint density at radius 1 is 0.938 bits per heavy atom. The largest absolute Gasteiger partial charge is 0.494 e. The van der Waals surface area contributed by atoms with Crippen LogP contribution in [0.5, 0.6) is 5.75 Å². The summed E-state index contributed by atoms with van der Waals surface area (Å²) in [6, 6.07) is 9.90. The molecule has 11 nitrogen and oxygen atoms in total. The number of carbonyl (C=O) groups excluding carboxylic acids is 1. The fourth-order valence-electron chi connectivity index (χ4n) is 7.18. The topological polar surface area (TPSA) is 98.3 Å². The zero-order valence-corrected chi connectivity index (χ0v) is 27.2. The van der Waals surface area contributed by atoms with Crippen LogP contribution in [-0.2, 0) is 9.63 Å². The highest BCUT2D eigenvalue weighted by molar-refractivity contribution is 6.02. The standard InChI is InChI=1S/C35H42F2N8O3/c1-3-35(46)41-28-19-29(40-33-21-34(39-22-38-33)45-30(10-17-48-45)26-7-4-23(36)18-27(26)37)32(47-2)20-31(28)44-11-8-25(9-12-44)43-15-13-42(14-16-43)24-5-6-24/h3-4,7,18-22,24-25,30H,1,5-6,8-17H2,2H3,(H,41,46)(H,38,39,40)/t30-/m1/s1. The van der Waals surface area contributed by atoms with Gasteiger partial charge in [-0.15, -0.1) is 0 Å². The highest BCUT2D eigenvalue weighted by Gasteiger charge is 2.35. The average molecular weight is 661 g/mol. The first-order valence-corrected chi connectivity index (χ1v) is 16.7. The lowest BCUT2D eigenvalue weighted by Crippen LogP contribution is -2.53. The number of benzene rings is 2. The molecule has 3 saturated heterocycles. The summed E-state index contributed by atoms with van der Waals surface area (Å²) >= 11 is 0. The molecule has 0 radical (unpaired) electrons. The molecule has 3 aliphatic heterocycles. The molecule has 2 N–H and O–H groups in total. The fourth-order valence-corrected chi connectivity index (χ4v) is 7.18. The van der Waals surface area contributed by atoms with Gasteiger partial charge in [0.1, 0.15) is 29.5 Å². The first-order chi connectivity index (χ1) is 23.4. The molecule has 1 aromatic heterocycles. The van der Waals surface area contributed by atoms with Crippen molar-refractivity contribution in [2.75, 3.05) is 73.6 Å². The quantitative estimate of drug-likeness (QED) is 0.280. The first-order valence-electron chi connectivity index (χ1n) is 16.7. The maximum Gasteiger partial charge on any atom is 0.247 e. The number of piperazine rings is 1. The molecule has 0 bridgehead atoms. The van der Waals surface area contributed by atoms with E-state index in [9.17, 15) is 13.6 Å². The summed E-state index contributed by atoms with van der Waals surface area (Å²) in [6.45, 7) is 10.3. The van der Waals surface area contributed by atoms with E-state index in [4.69, 9.17) is 9.57 Å². The highest BCUT2D eigenvalue weighted by Crippen LogP contribution is 2.41. The normalized spacial score (nSPS) is 20.9. The molecule has 1 saturated carbocycles. The Hall–Kier alpha value is -4.33. The van der Waals surface area contributed by atoms with Crippen LogP contribution in [0.3, 0.4) is 0 Å². The van der Waals surface area contributed by atoms with Gasteiger partial charge in [0.2, 0.25) is 5.91 Å². The molecule has 254 valence electrons. The summed E-state index contributed by atoms with van der Waals surface area (Å²) < 4.78 is 34.1. The van der Waals surface area contributed by atoms with Crippen LogP contribution >= 0.6 is 0 Å². The minimum Gasteiger partial charge on any atom is -0.494 e. The van der Waals surface area contributed by atoms with Gasteiger partial charge in [-0.25, -0.2) is 23.8 Å². The Morgan fingerprint density at radius 2 is 1.67 bits per heavy atom. The van der Waals surface area contributed by atoms with Crippen molar-refractivity contribution in [2.24, 2.45) is 0 Å². The zero-order chi connectivity index (χ0) is 33.2. The van der Waals surface area contributed by atoms with Crippen LogP contribution in [-0.4, -0.2) is 90.7 Å². The predicted octanol–water partition coefficient (Wildman–Crippen LogP) is 5.26. The number of amides is 1. The summed E-state index contributed by atoms with van der Waals surface area (Å²) in [4.78, 5) is 34.8. The smallest absolute Gasteiger partial charge is 0.247 e. The van der Waals surface area contributed by atoms with Gasteiger partial charge < -0.3 is 20.3 Å². The maximum atomic E-state index is 14.7. The van der Waals surface area contributed by atoms with Gasteiger partial charge in [0.25, 0.3) is 0 Å². The van der Waals surface area contributed by atoms with E-state index in [1.807, 2.05) is 12.1 Å². The van der Waals surface area contributed by atoms with E-state index >= 15 is 0 Å². The van der Waals surface area contributed by atoms with Gasteiger partial charge in [-0.1, -0.05) is 12.6 Å². The number of hydrogen-bond donors (Lipinski definition) is 2. The summed E-state index contributed by atoms with van der Waals surface area (Å²) in [5, 5.41) is 7.81. The molecule has 1 atom stereocenters. The average Bonchev–Trinajstić information content (AvgIpc) is 3.85. The monoisotopic (exact) mass is 660 g/mol. The van der Waals surface area contributed by atoms with Gasteiger partial charge in [-0.3, -0.25) is 19.4 Å². The molecule has 1 aliphatic carbocycles. The second-order valence-corrected chi connectivity index (χ2v) is 12.8. The van der Waals surface area contributed by atoms with E-state index in [0.717, 1.165) is 56.8 Å². The second-order valence-electron chi connectivity index (χ2n) is 12.8. The van der Waals surface area contributed by atoms with Crippen LogP contribution in [0.1, 0.15) is 43.7 Å². The Labute approximate surface area is 279 Å². The SMILES string of the molecule is C=CC(=O)Nc1cc(Nc2cc(N3OCC[C@@H]3c3ccc(F)cc3F)ncn2)c(OC)cc1N1CCC(N2CCN(C3CC3)CC2)CC1. The predicted molar refractivity (Wildman–Crippen MR) is 181 cm³/mol. The van der Waals surface area contributed by atoms with Crippen molar-refractivity contribution in [3.63, 3.8) is 0 Å². The van der Waals surface area contributed by atoms with Gasteiger partial charge in [0.05, 0.1) is 36.8 Å². The van der Waals surface area contributed by atoms with E-state index in [2.05, 4.69) is 41.9 Å². The van der Waals surface area contributed by atoms with Crippen molar-refractivity contribution in [3.05, 3.63) is 72.6 Å². The van der Waals surface area contributed by atoms with Gasteiger partial charge >= 0.3 is 0 Å². The van der Waals surface area contributed by atoms with E-state index in [-0.39, 0.29) is 5.91 Å². The van der Waals surface area contributed by atoms with Crippen LogP contribution in [0.2, 0.25) is 0 Å². The Morgan fingerprint density at radius 3 is 2.33 bits per heavy atom. The number of halogens is 2. The fraction of sp³-hybridized carbons (Fsp3) is 0.457. The van der Waals surface area contributed by atoms with Gasteiger partial charge in [0, 0.05) is 81.5 Å². The minimum atomic E-state index is -0.641. The first kappa shape index (κ1) is 32.2. The number of piperidine rings is 1. The van der Waals surface area contributed by atoms with Gasteiger partial charge in [0.15, 0.2) is 5.82 Å². The number of ether oxygens (including phenoxy) is 1. The number of aromatic nitrogens is 2. The van der Waals surface area contributed by atoms with E-state index < -0.39 is 17.7 Å². The number of carbonyl (C=O) groups is 1. The molecule has 4 fully saturated rings. The molecule has 2 aromatic carbocycles. The third-order valence-corrected chi connectivity index (χ3v) is 9.86. The number of anilines is 5. The lowest BCUT2D eigenvalue weighted by atomic mass is 10.0. The summed E-state index contributed by atoms with van der Waals surface area (Å²) in [6.07, 6.45) is 7.95. The number of hydroxylamine groups is 1. The molecule has 13 heteroatoms. The molecule has 3 aromatic rings. The van der Waals surface area contributed by atoms with Gasteiger partial charge in [-0.2, -0.15) is 0 Å². The molecular formula is C35H42F2N8O3. The van der Waals surface area contributed by atoms with Gasteiger partial charge in [-0.05, 0) is 43.9 Å². The molecule has 48 heavy (non-hydrogen) atoms. The molecule has 4 aliphatic rings. The van der Waals surface area contributed by atoms with Crippen molar-refractivity contribution in [1.82, 2.24) is 19.8 Å². The third kappa shape index (κ3) is 6.94. The van der Waals surface area contributed by atoms with Crippen LogP contribution < -0.4 is 25.3 Å². The van der Waals surface area contributed by atoms with Crippen LogP contribution in [0.25, 0.3) is 0 Å².